The third-order valence-corrected chi connectivity index (χ3v) is 8.34. The third kappa shape index (κ3) is 7.46. The third-order valence-electron chi connectivity index (χ3n) is 8.03. The molecule has 6 rings (SSSR count). The first-order valence-electron chi connectivity index (χ1n) is 15.1. The van der Waals surface area contributed by atoms with Crippen LogP contribution in [0.3, 0.4) is 0 Å². The van der Waals surface area contributed by atoms with E-state index < -0.39 is 0 Å². The number of aliphatic hydroxyl groups is 1. The molecule has 0 radical (unpaired) electrons. The Hall–Kier alpha value is -3.78. The van der Waals surface area contributed by atoms with Crippen LogP contribution in [0.2, 0.25) is 5.02 Å². The van der Waals surface area contributed by atoms with Crippen molar-refractivity contribution in [1.29, 1.82) is 0 Å². The Balaban J connectivity index is 1.11. The van der Waals surface area contributed by atoms with Crippen LogP contribution < -0.4 is 14.8 Å². The molecule has 4 aromatic rings. The largest absolute Gasteiger partial charge is 0.487 e. The zero-order chi connectivity index (χ0) is 30.3. The van der Waals surface area contributed by atoms with Crippen LogP contribution in [0.1, 0.15) is 38.6 Å². The van der Waals surface area contributed by atoms with Gasteiger partial charge in [0.25, 0.3) is 5.88 Å². The first-order chi connectivity index (χ1) is 21.6. The molecule has 14 heteroatoms. The van der Waals surface area contributed by atoms with Gasteiger partial charge in [-0.1, -0.05) is 17.7 Å². The van der Waals surface area contributed by atoms with Crippen molar-refractivity contribution in [3.8, 4) is 22.8 Å². The normalized spacial score (nSPS) is 19.9. The fraction of sp³-hybridized carbons (Fsp3) is 0.500. The molecule has 1 saturated carbocycles. The van der Waals surface area contributed by atoms with E-state index >= 15 is 0 Å². The van der Waals surface area contributed by atoms with Gasteiger partial charge >= 0.3 is 0 Å². The van der Waals surface area contributed by atoms with Crippen LogP contribution in [0.15, 0.2) is 49.4 Å². The number of nitrogens with zero attached hydrogens (tertiary/aromatic N) is 8. The lowest BCUT2D eigenvalue weighted by Gasteiger charge is -2.38. The summed E-state index contributed by atoms with van der Waals surface area (Å²) >= 11 is 6.43. The minimum absolute atomic E-state index is 0.103. The molecule has 13 nitrogen and oxygen atoms in total. The van der Waals surface area contributed by atoms with Crippen molar-refractivity contribution in [2.24, 2.45) is 0 Å². The van der Waals surface area contributed by atoms with Crippen molar-refractivity contribution in [3.63, 3.8) is 0 Å². The highest BCUT2D eigenvalue weighted by Gasteiger charge is 2.29. The zero-order valence-electron chi connectivity index (χ0n) is 24.8. The molecule has 1 saturated heterocycles. The number of anilines is 2. The Labute approximate surface area is 261 Å². The van der Waals surface area contributed by atoms with Gasteiger partial charge in [0, 0.05) is 37.1 Å². The highest BCUT2D eigenvalue weighted by Crippen LogP contribution is 2.35. The van der Waals surface area contributed by atoms with Gasteiger partial charge in [-0.25, -0.2) is 19.6 Å². The van der Waals surface area contributed by atoms with E-state index in [4.69, 9.17) is 30.9 Å². The molecule has 2 N–H and O–H groups in total. The number of hydrogen-bond acceptors (Lipinski definition) is 11. The zero-order valence-corrected chi connectivity index (χ0v) is 25.5. The summed E-state index contributed by atoms with van der Waals surface area (Å²) < 4.78 is 21.1. The van der Waals surface area contributed by atoms with Crippen LogP contribution in [-0.4, -0.2) is 96.2 Å². The van der Waals surface area contributed by atoms with Gasteiger partial charge in [0.05, 0.1) is 43.6 Å². The topological polar surface area (TPSA) is 138 Å². The predicted octanol–water partition coefficient (Wildman–Crippen LogP) is 3.98. The molecule has 2 aliphatic rings. The second kappa shape index (κ2) is 14.3. The predicted molar refractivity (Wildman–Crippen MR) is 164 cm³/mol. The van der Waals surface area contributed by atoms with Crippen LogP contribution in [0.4, 0.5) is 11.6 Å². The molecule has 0 amide bonds. The van der Waals surface area contributed by atoms with Gasteiger partial charge in [0.1, 0.15) is 36.8 Å². The highest BCUT2D eigenvalue weighted by atomic mass is 35.5. The molecule has 0 bridgehead atoms. The standard InChI is InChI=1S/C30H38ClN9O4/c1-21(17-39-20-32-19-35-39)44-28-14-22(2-7-26(28)31)23-15-33-30(34-16-23)36-27-18-40(37-29(27)43-13-10-41)25-5-3-24(4-6-25)38-8-11-42-12-9-38/h2,7,14-16,18-21,24-25,41H,3-6,8-13,17H2,1H3,(H,33,34,36)/t21-,24?,25?/m0/s1. The average molecular weight is 624 g/mol. The van der Waals surface area contributed by atoms with E-state index in [-0.39, 0.29) is 25.4 Å². The quantitative estimate of drug-likeness (QED) is 0.237. The number of nitrogens with one attached hydrogen (secondary N) is 1. The van der Waals surface area contributed by atoms with Crippen molar-refractivity contribution in [1.82, 2.24) is 39.4 Å². The van der Waals surface area contributed by atoms with Gasteiger partial charge < -0.3 is 24.6 Å². The van der Waals surface area contributed by atoms with Crippen LogP contribution in [0.25, 0.3) is 11.1 Å². The molecule has 234 valence electrons. The molecule has 1 atom stereocenters. The first-order valence-corrected chi connectivity index (χ1v) is 15.5. The summed E-state index contributed by atoms with van der Waals surface area (Å²) in [6.07, 6.45) is 12.7. The Morgan fingerprint density at radius 1 is 1.09 bits per heavy atom. The molecule has 44 heavy (non-hydrogen) atoms. The number of morpholine rings is 1. The molecule has 1 aromatic carbocycles. The maximum absolute atomic E-state index is 9.36. The Morgan fingerprint density at radius 3 is 2.59 bits per heavy atom. The van der Waals surface area contributed by atoms with Crippen LogP contribution >= 0.6 is 11.6 Å². The van der Waals surface area contributed by atoms with Gasteiger partial charge in [-0.3, -0.25) is 9.58 Å². The second-order valence-electron chi connectivity index (χ2n) is 11.1. The molecule has 3 aromatic heterocycles. The Bertz CT molecular complexity index is 1470. The maximum Gasteiger partial charge on any atom is 0.257 e. The van der Waals surface area contributed by atoms with E-state index in [2.05, 4.69) is 30.3 Å². The number of benzene rings is 1. The lowest BCUT2D eigenvalue weighted by molar-refractivity contribution is 0.00502. The van der Waals surface area contributed by atoms with Crippen molar-refractivity contribution in [2.75, 3.05) is 44.8 Å². The van der Waals surface area contributed by atoms with Gasteiger partial charge in [-0.2, -0.15) is 5.10 Å². The number of rotatable bonds is 12. The Morgan fingerprint density at radius 2 is 1.86 bits per heavy atom. The molecule has 0 unspecified atom stereocenters. The SMILES string of the molecule is C[C@@H](Cn1cncn1)Oc1cc(-c2cnc(Nc3cn(C4CCC(N5CCOCC5)CC4)nc3OCCO)nc2)ccc1Cl. The van der Waals surface area contributed by atoms with Crippen molar-refractivity contribution in [2.45, 2.75) is 57.3 Å². The second-order valence-corrected chi connectivity index (χ2v) is 11.5. The Kier molecular flexibility index (Phi) is 9.86. The summed E-state index contributed by atoms with van der Waals surface area (Å²) in [7, 11) is 0. The smallest absolute Gasteiger partial charge is 0.257 e. The first kappa shape index (κ1) is 30.3. The van der Waals surface area contributed by atoms with Crippen molar-refractivity contribution < 1.29 is 19.3 Å². The maximum atomic E-state index is 9.36. The fourth-order valence-corrected chi connectivity index (χ4v) is 5.97. The molecule has 2 fully saturated rings. The lowest BCUT2D eigenvalue weighted by atomic mass is 9.90. The van der Waals surface area contributed by atoms with Gasteiger partial charge in [-0.05, 0) is 50.3 Å². The van der Waals surface area contributed by atoms with E-state index in [9.17, 15) is 5.11 Å². The number of halogens is 1. The summed E-state index contributed by atoms with van der Waals surface area (Å²) in [5, 5.41) is 22.0. The van der Waals surface area contributed by atoms with E-state index in [0.717, 1.165) is 63.1 Å². The minimum atomic E-state index is -0.171. The molecule has 0 spiro atoms. The fourth-order valence-electron chi connectivity index (χ4n) is 5.81. The van der Waals surface area contributed by atoms with E-state index in [1.807, 2.05) is 29.9 Å². The number of aliphatic hydroxyl groups excluding tert-OH is 1. The van der Waals surface area contributed by atoms with Crippen LogP contribution in [-0.2, 0) is 11.3 Å². The summed E-state index contributed by atoms with van der Waals surface area (Å²) in [5.74, 6) is 1.39. The molecule has 1 aliphatic carbocycles. The average Bonchev–Trinajstić information content (AvgIpc) is 3.72. The molecular weight excluding hydrogens is 586 g/mol. The number of aromatic nitrogens is 7. The van der Waals surface area contributed by atoms with E-state index in [1.165, 1.54) is 6.33 Å². The van der Waals surface area contributed by atoms with E-state index in [0.29, 0.717) is 40.9 Å². The van der Waals surface area contributed by atoms with Gasteiger partial charge in [0.15, 0.2) is 0 Å². The molecule has 4 heterocycles. The van der Waals surface area contributed by atoms with E-state index in [1.54, 1.807) is 29.5 Å². The molecular formula is C30H38ClN9O4. The number of ether oxygens (including phenoxy) is 3. The summed E-state index contributed by atoms with van der Waals surface area (Å²) in [5.41, 5.74) is 2.34. The molecule has 1 aliphatic heterocycles. The lowest BCUT2D eigenvalue weighted by Crippen LogP contribution is -2.45. The van der Waals surface area contributed by atoms with Gasteiger partial charge in [-0.15, -0.1) is 5.10 Å². The van der Waals surface area contributed by atoms with Crippen molar-refractivity contribution >= 4 is 23.2 Å². The minimum Gasteiger partial charge on any atom is -0.487 e. The number of hydrogen-bond donors (Lipinski definition) is 2. The monoisotopic (exact) mass is 623 g/mol. The summed E-state index contributed by atoms with van der Waals surface area (Å²) in [6.45, 7) is 6.21. The van der Waals surface area contributed by atoms with Crippen LogP contribution in [0, 0.1) is 0 Å². The van der Waals surface area contributed by atoms with Crippen molar-refractivity contribution in [3.05, 3.63) is 54.5 Å². The summed E-state index contributed by atoms with van der Waals surface area (Å²) in [4.78, 5) is 15.6. The van der Waals surface area contributed by atoms with Gasteiger partial charge in [0.2, 0.25) is 5.95 Å². The summed E-state index contributed by atoms with van der Waals surface area (Å²) in [6, 6.07) is 6.47. The highest BCUT2D eigenvalue weighted by molar-refractivity contribution is 6.32. The van der Waals surface area contributed by atoms with Crippen LogP contribution in [0.5, 0.6) is 11.6 Å².